The zero-order valence-electron chi connectivity index (χ0n) is 17.2. The van der Waals surface area contributed by atoms with Gasteiger partial charge in [-0.3, -0.25) is 4.79 Å². The molecule has 0 spiro atoms. The zero-order chi connectivity index (χ0) is 21.1. The molecule has 0 aliphatic carbocycles. The number of hydrogen-bond donors (Lipinski definition) is 0. The summed E-state index contributed by atoms with van der Waals surface area (Å²) in [5.74, 6) is 2.28. The van der Waals surface area contributed by atoms with Crippen LogP contribution in [0.3, 0.4) is 0 Å². The van der Waals surface area contributed by atoms with E-state index in [0.29, 0.717) is 43.4 Å². The third kappa shape index (κ3) is 4.56. The number of carbonyl (C=O) groups is 1. The highest BCUT2D eigenvalue weighted by molar-refractivity contribution is 5.91. The van der Waals surface area contributed by atoms with E-state index in [4.69, 9.17) is 13.7 Å². The minimum Gasteiger partial charge on any atom is -0.493 e. The van der Waals surface area contributed by atoms with Crippen molar-refractivity contribution >= 4 is 5.91 Å². The molecule has 1 aliphatic rings. The molecule has 0 saturated carbocycles. The summed E-state index contributed by atoms with van der Waals surface area (Å²) in [5, 5.41) is 3.96. The normalized spacial score (nSPS) is 16.6. The fourth-order valence-electron chi connectivity index (χ4n) is 3.80. The number of hydrogen-bond acceptors (Lipinski definition) is 5. The maximum Gasteiger partial charge on any atom is 0.289 e. The van der Waals surface area contributed by atoms with Crippen LogP contribution in [-0.4, -0.2) is 35.7 Å². The highest BCUT2D eigenvalue weighted by Crippen LogP contribution is 2.23. The molecule has 6 nitrogen and oxygen atoms in total. The van der Waals surface area contributed by atoms with Gasteiger partial charge in [0, 0.05) is 31.0 Å². The zero-order valence-corrected chi connectivity index (χ0v) is 17.2. The molecule has 0 radical (unpaired) electrons. The van der Waals surface area contributed by atoms with E-state index in [1.807, 2.05) is 24.8 Å². The fourth-order valence-corrected chi connectivity index (χ4v) is 3.80. The summed E-state index contributed by atoms with van der Waals surface area (Å²) < 4.78 is 29.8. The predicted octanol–water partition coefficient (Wildman–Crippen LogP) is 4.55. The summed E-state index contributed by atoms with van der Waals surface area (Å²) in [5.41, 5.74) is 1.82. The van der Waals surface area contributed by atoms with Crippen LogP contribution in [0, 0.1) is 25.6 Å². The smallest absolute Gasteiger partial charge is 0.289 e. The van der Waals surface area contributed by atoms with Gasteiger partial charge in [0.15, 0.2) is 5.76 Å². The second-order valence-corrected chi connectivity index (χ2v) is 7.77. The van der Waals surface area contributed by atoms with Crippen molar-refractivity contribution in [2.24, 2.45) is 5.92 Å². The first kappa shape index (κ1) is 20.2. The van der Waals surface area contributed by atoms with E-state index < -0.39 is 0 Å². The number of furan rings is 1. The summed E-state index contributed by atoms with van der Waals surface area (Å²) in [6.07, 6.45) is 2.44. The lowest BCUT2D eigenvalue weighted by Crippen LogP contribution is -2.41. The molecule has 0 bridgehead atoms. The van der Waals surface area contributed by atoms with Crippen LogP contribution in [-0.2, 0) is 6.42 Å². The lowest BCUT2D eigenvalue weighted by Gasteiger charge is -2.32. The Labute approximate surface area is 174 Å². The lowest BCUT2D eigenvalue weighted by molar-refractivity contribution is 0.0600. The molecular weight excluding hydrogens is 387 g/mol. The van der Waals surface area contributed by atoms with Crippen molar-refractivity contribution < 1.29 is 22.9 Å². The van der Waals surface area contributed by atoms with Crippen molar-refractivity contribution in [3.63, 3.8) is 0 Å². The molecule has 30 heavy (non-hydrogen) atoms. The summed E-state index contributed by atoms with van der Waals surface area (Å²) in [6, 6.07) is 9.55. The molecule has 2 aromatic heterocycles. The molecular formula is C23H25FN2O4. The Hall–Kier alpha value is -3.09. The Morgan fingerprint density at radius 1 is 1.23 bits per heavy atom. The Balaban J connectivity index is 1.35. The number of rotatable bonds is 6. The van der Waals surface area contributed by atoms with Gasteiger partial charge in [-0.1, -0.05) is 5.16 Å². The van der Waals surface area contributed by atoms with E-state index in [1.54, 1.807) is 18.2 Å². The third-order valence-corrected chi connectivity index (χ3v) is 5.51. The number of benzene rings is 1. The molecule has 158 valence electrons. The molecule has 0 N–H and O–H groups in total. The van der Waals surface area contributed by atoms with Gasteiger partial charge in [-0.25, -0.2) is 4.39 Å². The van der Waals surface area contributed by atoms with Crippen molar-refractivity contribution in [3.05, 3.63) is 70.8 Å². The number of aromatic nitrogens is 1. The molecule has 1 unspecified atom stereocenters. The van der Waals surface area contributed by atoms with E-state index in [1.165, 1.54) is 12.1 Å². The van der Waals surface area contributed by atoms with Crippen LogP contribution in [0.4, 0.5) is 4.39 Å². The first-order chi connectivity index (χ1) is 14.5. The Bertz CT molecular complexity index is 989. The minimum absolute atomic E-state index is 0.105. The number of likely N-dealkylation sites (tertiary alicyclic amines) is 1. The molecule has 3 aromatic rings. The predicted molar refractivity (Wildman–Crippen MR) is 108 cm³/mol. The average molecular weight is 412 g/mol. The number of carbonyl (C=O) groups excluding carboxylic acids is 1. The number of nitrogens with zero attached hydrogens (tertiary/aromatic N) is 2. The van der Waals surface area contributed by atoms with Crippen molar-refractivity contribution in [2.75, 3.05) is 19.7 Å². The number of piperidine rings is 1. The molecule has 1 saturated heterocycles. The van der Waals surface area contributed by atoms with Gasteiger partial charge < -0.3 is 18.6 Å². The second-order valence-electron chi connectivity index (χ2n) is 7.77. The third-order valence-electron chi connectivity index (χ3n) is 5.51. The lowest BCUT2D eigenvalue weighted by atomic mass is 9.99. The van der Waals surface area contributed by atoms with Gasteiger partial charge in [-0.2, -0.15) is 0 Å². The van der Waals surface area contributed by atoms with E-state index in [2.05, 4.69) is 5.16 Å². The molecule has 7 heteroatoms. The van der Waals surface area contributed by atoms with Crippen molar-refractivity contribution in [1.82, 2.24) is 10.1 Å². The van der Waals surface area contributed by atoms with E-state index >= 15 is 0 Å². The number of aryl methyl sites for hydroxylation is 2. The van der Waals surface area contributed by atoms with Gasteiger partial charge in [0.1, 0.15) is 23.1 Å². The van der Waals surface area contributed by atoms with Crippen molar-refractivity contribution in [2.45, 2.75) is 33.1 Å². The highest BCUT2D eigenvalue weighted by atomic mass is 19.1. The van der Waals surface area contributed by atoms with E-state index in [9.17, 15) is 9.18 Å². The van der Waals surface area contributed by atoms with Gasteiger partial charge in [-0.15, -0.1) is 0 Å². The van der Waals surface area contributed by atoms with E-state index in [0.717, 1.165) is 29.9 Å². The average Bonchev–Trinajstić information content (AvgIpc) is 3.35. The molecule has 1 atom stereocenters. The van der Waals surface area contributed by atoms with Crippen LogP contribution in [0.15, 0.2) is 45.3 Å². The molecule has 1 aliphatic heterocycles. The first-order valence-corrected chi connectivity index (χ1v) is 10.2. The number of halogens is 1. The second kappa shape index (κ2) is 8.73. The molecule has 1 amide bonds. The van der Waals surface area contributed by atoms with Crippen LogP contribution in [0.5, 0.6) is 5.75 Å². The van der Waals surface area contributed by atoms with Gasteiger partial charge in [-0.05, 0) is 63.1 Å². The van der Waals surface area contributed by atoms with Crippen LogP contribution in [0.1, 0.15) is 46.2 Å². The van der Waals surface area contributed by atoms with Crippen LogP contribution in [0.25, 0.3) is 0 Å². The van der Waals surface area contributed by atoms with Crippen LogP contribution < -0.4 is 4.74 Å². The first-order valence-electron chi connectivity index (χ1n) is 10.2. The van der Waals surface area contributed by atoms with Crippen LogP contribution in [0.2, 0.25) is 0 Å². The van der Waals surface area contributed by atoms with Gasteiger partial charge >= 0.3 is 0 Å². The molecule has 3 heterocycles. The summed E-state index contributed by atoms with van der Waals surface area (Å²) in [7, 11) is 0. The quantitative estimate of drug-likeness (QED) is 0.594. The largest absolute Gasteiger partial charge is 0.493 e. The van der Waals surface area contributed by atoms with Crippen molar-refractivity contribution in [3.8, 4) is 5.75 Å². The molecule has 1 aromatic carbocycles. The topological polar surface area (TPSA) is 68.7 Å². The Kier molecular flexibility index (Phi) is 5.88. The van der Waals surface area contributed by atoms with Crippen molar-refractivity contribution in [1.29, 1.82) is 0 Å². The highest BCUT2D eigenvalue weighted by Gasteiger charge is 2.27. The summed E-state index contributed by atoms with van der Waals surface area (Å²) in [4.78, 5) is 14.7. The summed E-state index contributed by atoms with van der Waals surface area (Å²) in [6.45, 7) is 5.56. The van der Waals surface area contributed by atoms with Gasteiger partial charge in [0.05, 0.1) is 12.3 Å². The number of amides is 1. The Morgan fingerprint density at radius 3 is 2.77 bits per heavy atom. The maximum absolute atomic E-state index is 13.0. The monoisotopic (exact) mass is 412 g/mol. The fraction of sp³-hybridized carbons (Fsp3) is 0.391. The summed E-state index contributed by atoms with van der Waals surface area (Å²) >= 11 is 0. The molecule has 4 rings (SSSR count). The standard InChI is InChI=1S/C23H25FN2O4/c1-15-21(16(2)30-25-15)12-20-9-10-22(29-20)23(27)26-11-3-4-17(13-26)14-28-19-7-5-18(24)6-8-19/h5-10,17H,3-4,11-14H2,1-2H3. The SMILES string of the molecule is Cc1noc(C)c1Cc1ccc(C(=O)N2CCCC(COc3ccc(F)cc3)C2)o1. The number of ether oxygens (including phenoxy) is 1. The maximum atomic E-state index is 13.0. The minimum atomic E-state index is -0.288. The van der Waals surface area contributed by atoms with Crippen LogP contribution >= 0.6 is 0 Å². The Morgan fingerprint density at radius 2 is 2.03 bits per heavy atom. The van der Waals surface area contributed by atoms with Gasteiger partial charge in [0.25, 0.3) is 5.91 Å². The molecule has 1 fully saturated rings. The van der Waals surface area contributed by atoms with E-state index in [-0.39, 0.29) is 17.6 Å². The van der Waals surface area contributed by atoms with Gasteiger partial charge in [0.2, 0.25) is 0 Å².